The van der Waals surface area contributed by atoms with Gasteiger partial charge in [0.25, 0.3) is 5.56 Å². The summed E-state index contributed by atoms with van der Waals surface area (Å²) in [5.41, 5.74) is 1.78. The van der Waals surface area contributed by atoms with E-state index in [4.69, 9.17) is 0 Å². The van der Waals surface area contributed by atoms with E-state index in [2.05, 4.69) is 39.5 Å². The first-order valence-electron chi connectivity index (χ1n) is 8.49. The summed E-state index contributed by atoms with van der Waals surface area (Å²) in [6, 6.07) is 15.8. The highest BCUT2D eigenvalue weighted by Gasteiger charge is 2.20. The van der Waals surface area contributed by atoms with E-state index in [1.807, 2.05) is 12.1 Å². The fourth-order valence-corrected chi connectivity index (χ4v) is 3.40. The Bertz CT molecular complexity index is 931. The summed E-state index contributed by atoms with van der Waals surface area (Å²) in [6.45, 7) is 1.93. The molecule has 0 radical (unpaired) electrons. The van der Waals surface area contributed by atoms with Gasteiger partial charge >= 0.3 is 0 Å². The second-order valence-corrected chi connectivity index (χ2v) is 6.32. The van der Waals surface area contributed by atoms with Crippen LogP contribution in [0.1, 0.15) is 12.8 Å². The topological polar surface area (TPSA) is 70.4 Å². The largest absolute Gasteiger partial charge is 0.423 e. The van der Waals surface area contributed by atoms with Crippen molar-refractivity contribution in [3.05, 3.63) is 65.1 Å². The Kier molecular flexibility index (Phi) is 4.01. The van der Waals surface area contributed by atoms with Crippen molar-refractivity contribution in [3.63, 3.8) is 0 Å². The number of aromatic nitrogens is 2. The molecule has 1 aromatic carbocycles. The van der Waals surface area contributed by atoms with Gasteiger partial charge in [0, 0.05) is 42.5 Å². The number of nitrogens with zero attached hydrogens (tertiary/aromatic N) is 3. The lowest BCUT2D eigenvalue weighted by atomic mass is 10.0. The molecule has 0 amide bonds. The molecule has 128 valence electrons. The molecule has 2 aromatic heterocycles. The number of hydrogen-bond acceptors (Lipinski definition) is 5. The maximum Gasteiger partial charge on any atom is 0.286 e. The SMILES string of the molecule is O=c1cc(NC2CCN(c3ccccc3)CC2)c2cccnc2n1O. The molecular formula is C19H20N4O2. The van der Waals surface area contributed by atoms with E-state index in [0.717, 1.165) is 37.0 Å². The zero-order valence-corrected chi connectivity index (χ0v) is 13.8. The van der Waals surface area contributed by atoms with Crippen LogP contribution < -0.4 is 15.8 Å². The summed E-state index contributed by atoms with van der Waals surface area (Å²) in [6.07, 6.45) is 3.54. The number of fused-ring (bicyclic) bond motifs is 1. The summed E-state index contributed by atoms with van der Waals surface area (Å²) in [5.74, 6) is 0. The Hall–Kier alpha value is -3.02. The molecule has 1 aliphatic heterocycles. The number of benzene rings is 1. The minimum Gasteiger partial charge on any atom is -0.423 e. The Labute approximate surface area is 145 Å². The smallest absolute Gasteiger partial charge is 0.286 e. The van der Waals surface area contributed by atoms with Crippen molar-refractivity contribution in [2.24, 2.45) is 0 Å². The normalized spacial score (nSPS) is 15.4. The van der Waals surface area contributed by atoms with Crippen LogP contribution in [-0.2, 0) is 0 Å². The molecule has 0 saturated carbocycles. The zero-order chi connectivity index (χ0) is 17.2. The van der Waals surface area contributed by atoms with Gasteiger partial charge < -0.3 is 15.4 Å². The number of anilines is 2. The molecule has 0 bridgehead atoms. The number of hydrogen-bond donors (Lipinski definition) is 2. The van der Waals surface area contributed by atoms with Crippen LogP contribution in [0.5, 0.6) is 0 Å². The second kappa shape index (κ2) is 6.47. The highest BCUT2D eigenvalue weighted by atomic mass is 16.5. The third-order valence-electron chi connectivity index (χ3n) is 4.73. The molecule has 0 spiro atoms. The van der Waals surface area contributed by atoms with Crippen LogP contribution in [0.3, 0.4) is 0 Å². The lowest BCUT2D eigenvalue weighted by Gasteiger charge is -2.34. The Balaban J connectivity index is 1.52. The molecule has 4 rings (SSSR count). The van der Waals surface area contributed by atoms with Crippen LogP contribution in [0.15, 0.2) is 59.5 Å². The molecule has 25 heavy (non-hydrogen) atoms. The molecule has 1 fully saturated rings. The van der Waals surface area contributed by atoms with Crippen molar-refractivity contribution in [2.45, 2.75) is 18.9 Å². The predicted molar refractivity (Wildman–Crippen MR) is 98.5 cm³/mol. The molecule has 1 aliphatic rings. The fourth-order valence-electron chi connectivity index (χ4n) is 3.40. The van der Waals surface area contributed by atoms with Crippen molar-refractivity contribution in [1.82, 2.24) is 9.71 Å². The van der Waals surface area contributed by atoms with Crippen molar-refractivity contribution in [3.8, 4) is 0 Å². The molecule has 0 unspecified atom stereocenters. The van der Waals surface area contributed by atoms with E-state index in [-0.39, 0.29) is 11.7 Å². The van der Waals surface area contributed by atoms with Gasteiger partial charge in [-0.3, -0.25) is 4.79 Å². The van der Waals surface area contributed by atoms with Crippen molar-refractivity contribution >= 4 is 22.4 Å². The van der Waals surface area contributed by atoms with Crippen LogP contribution in [0.2, 0.25) is 0 Å². The average Bonchev–Trinajstić information content (AvgIpc) is 2.67. The zero-order valence-electron chi connectivity index (χ0n) is 13.8. The van der Waals surface area contributed by atoms with Gasteiger partial charge in [0.15, 0.2) is 5.65 Å². The number of nitrogens with one attached hydrogen (secondary N) is 1. The van der Waals surface area contributed by atoms with Crippen LogP contribution in [0.25, 0.3) is 11.0 Å². The van der Waals surface area contributed by atoms with Gasteiger partial charge in [-0.05, 0) is 37.1 Å². The molecule has 3 heterocycles. The Morgan fingerprint density at radius 3 is 2.60 bits per heavy atom. The van der Waals surface area contributed by atoms with Crippen LogP contribution >= 0.6 is 0 Å². The predicted octanol–water partition coefficient (Wildman–Crippen LogP) is 2.71. The molecule has 0 aliphatic carbocycles. The van der Waals surface area contributed by atoms with Gasteiger partial charge in [-0.1, -0.05) is 18.2 Å². The molecule has 0 atom stereocenters. The highest BCUT2D eigenvalue weighted by molar-refractivity contribution is 5.88. The van der Waals surface area contributed by atoms with E-state index < -0.39 is 5.56 Å². The number of piperidine rings is 1. The van der Waals surface area contributed by atoms with Gasteiger partial charge in [-0.2, -0.15) is 0 Å². The van der Waals surface area contributed by atoms with Gasteiger partial charge in [0.2, 0.25) is 0 Å². The molecule has 3 aromatic rings. The van der Waals surface area contributed by atoms with Crippen molar-refractivity contribution in [2.75, 3.05) is 23.3 Å². The third-order valence-corrected chi connectivity index (χ3v) is 4.73. The summed E-state index contributed by atoms with van der Waals surface area (Å²) in [5, 5.41) is 14.1. The molecule has 2 N–H and O–H groups in total. The molecule has 6 nitrogen and oxygen atoms in total. The van der Waals surface area contributed by atoms with Crippen LogP contribution in [0.4, 0.5) is 11.4 Å². The van der Waals surface area contributed by atoms with Gasteiger partial charge in [0.05, 0.1) is 5.69 Å². The lowest BCUT2D eigenvalue weighted by molar-refractivity contribution is 0.187. The fraction of sp³-hybridized carbons (Fsp3) is 0.263. The molecular weight excluding hydrogens is 316 g/mol. The molecule has 6 heteroatoms. The average molecular weight is 336 g/mol. The van der Waals surface area contributed by atoms with Gasteiger partial charge in [0.1, 0.15) is 0 Å². The lowest BCUT2D eigenvalue weighted by Crippen LogP contribution is -2.39. The quantitative estimate of drug-likeness (QED) is 0.720. The summed E-state index contributed by atoms with van der Waals surface area (Å²) >= 11 is 0. The molecule has 1 saturated heterocycles. The first-order chi connectivity index (χ1) is 12.2. The van der Waals surface area contributed by atoms with Gasteiger partial charge in [-0.25, -0.2) is 4.98 Å². The van der Waals surface area contributed by atoms with E-state index in [1.54, 1.807) is 12.3 Å². The van der Waals surface area contributed by atoms with E-state index in [1.165, 1.54) is 11.8 Å². The van der Waals surface area contributed by atoms with Crippen molar-refractivity contribution in [1.29, 1.82) is 0 Å². The summed E-state index contributed by atoms with van der Waals surface area (Å²) in [4.78, 5) is 18.4. The number of para-hydroxylation sites is 1. The standard InChI is InChI=1S/C19H20N4O2/c24-18-13-17(16-7-4-10-20-19(16)23(18)25)21-14-8-11-22(12-9-14)15-5-2-1-3-6-15/h1-7,10,13-14,21,25H,8-9,11-12H2. The first kappa shape index (κ1) is 15.5. The minimum absolute atomic E-state index is 0.277. The Morgan fingerprint density at radius 1 is 1.08 bits per heavy atom. The first-order valence-corrected chi connectivity index (χ1v) is 8.49. The second-order valence-electron chi connectivity index (χ2n) is 6.32. The van der Waals surface area contributed by atoms with Gasteiger partial charge in [-0.15, -0.1) is 4.73 Å². The summed E-state index contributed by atoms with van der Waals surface area (Å²) < 4.78 is 0.596. The Morgan fingerprint density at radius 2 is 1.84 bits per heavy atom. The van der Waals surface area contributed by atoms with Crippen LogP contribution in [-0.4, -0.2) is 34.1 Å². The maximum atomic E-state index is 12.0. The van der Waals surface area contributed by atoms with E-state index in [0.29, 0.717) is 4.73 Å². The minimum atomic E-state index is -0.476. The van der Waals surface area contributed by atoms with E-state index in [9.17, 15) is 10.0 Å². The third kappa shape index (κ3) is 3.03. The maximum absolute atomic E-state index is 12.0. The summed E-state index contributed by atoms with van der Waals surface area (Å²) in [7, 11) is 0. The van der Waals surface area contributed by atoms with E-state index >= 15 is 0 Å². The monoisotopic (exact) mass is 336 g/mol. The highest BCUT2D eigenvalue weighted by Crippen LogP contribution is 2.24. The van der Waals surface area contributed by atoms with Crippen molar-refractivity contribution < 1.29 is 5.21 Å². The van der Waals surface area contributed by atoms with Crippen LogP contribution in [0, 0.1) is 0 Å². The number of pyridine rings is 2. The number of rotatable bonds is 3.